The van der Waals surface area contributed by atoms with E-state index in [0.29, 0.717) is 30.0 Å². The van der Waals surface area contributed by atoms with Crippen LogP contribution in [0.2, 0.25) is 5.02 Å². The van der Waals surface area contributed by atoms with E-state index in [1.807, 2.05) is 6.92 Å². The van der Waals surface area contributed by atoms with Gasteiger partial charge in [0.25, 0.3) is 0 Å². The molecule has 0 aliphatic carbocycles. The van der Waals surface area contributed by atoms with Gasteiger partial charge in [0, 0.05) is 11.1 Å². The minimum Gasteiger partial charge on any atom is -0.507 e. The van der Waals surface area contributed by atoms with Crippen LogP contribution in [-0.2, 0) is 12.8 Å². The number of benzene rings is 2. The van der Waals surface area contributed by atoms with Crippen LogP contribution in [-0.4, -0.2) is 33.0 Å². The summed E-state index contributed by atoms with van der Waals surface area (Å²) in [6.45, 7) is 2.32. The van der Waals surface area contributed by atoms with Crippen molar-refractivity contribution in [2.24, 2.45) is 0 Å². The summed E-state index contributed by atoms with van der Waals surface area (Å²) in [6, 6.07) is 6.12. The Morgan fingerprint density at radius 2 is 1.66 bits per heavy atom. The molecule has 0 aliphatic rings. The number of halogens is 1. The lowest BCUT2D eigenvalue weighted by molar-refractivity contribution is 0.0688. The lowest BCUT2D eigenvalue weighted by atomic mass is 10.0. The SMILES string of the molecule is CCCc1ccc(OCCCCCCc2cc(O)c(O)cc2Cl)c(C(=O)O)c1O. The number of carboxylic acid groups (broad SMARTS) is 1. The summed E-state index contributed by atoms with van der Waals surface area (Å²) in [5.74, 6) is -1.65. The fraction of sp³-hybridized carbons (Fsp3) is 0.409. The smallest absolute Gasteiger partial charge is 0.343 e. The summed E-state index contributed by atoms with van der Waals surface area (Å²) in [5.41, 5.74) is 1.21. The number of hydrogen-bond acceptors (Lipinski definition) is 5. The van der Waals surface area contributed by atoms with E-state index in [4.69, 9.17) is 16.3 Å². The normalized spacial score (nSPS) is 10.8. The van der Waals surface area contributed by atoms with Crippen molar-refractivity contribution < 1.29 is 30.0 Å². The van der Waals surface area contributed by atoms with E-state index in [1.54, 1.807) is 12.1 Å². The van der Waals surface area contributed by atoms with Gasteiger partial charge in [-0.1, -0.05) is 43.9 Å². The predicted molar refractivity (Wildman–Crippen MR) is 112 cm³/mol. The van der Waals surface area contributed by atoms with Crippen molar-refractivity contribution in [2.45, 2.75) is 51.9 Å². The molecule has 158 valence electrons. The molecule has 0 bridgehead atoms. The molecule has 0 radical (unpaired) electrons. The van der Waals surface area contributed by atoms with E-state index in [1.165, 1.54) is 12.1 Å². The quantitative estimate of drug-likeness (QED) is 0.289. The molecule has 2 aromatic rings. The molecule has 0 heterocycles. The van der Waals surface area contributed by atoms with Gasteiger partial charge in [-0.15, -0.1) is 0 Å². The highest BCUT2D eigenvalue weighted by molar-refractivity contribution is 6.31. The number of aromatic carboxylic acids is 1. The molecule has 29 heavy (non-hydrogen) atoms. The molecular weight excluding hydrogens is 396 g/mol. The van der Waals surface area contributed by atoms with Crippen molar-refractivity contribution in [3.63, 3.8) is 0 Å². The molecule has 0 spiro atoms. The highest BCUT2D eigenvalue weighted by atomic mass is 35.5. The molecule has 7 heteroatoms. The van der Waals surface area contributed by atoms with Gasteiger partial charge in [0.15, 0.2) is 11.5 Å². The van der Waals surface area contributed by atoms with Crippen molar-refractivity contribution in [3.8, 4) is 23.0 Å². The first-order valence-corrected chi connectivity index (χ1v) is 10.1. The molecule has 4 N–H and O–H groups in total. The van der Waals surface area contributed by atoms with E-state index in [-0.39, 0.29) is 28.6 Å². The van der Waals surface area contributed by atoms with Gasteiger partial charge in [0.1, 0.15) is 17.1 Å². The Balaban J connectivity index is 1.79. The van der Waals surface area contributed by atoms with E-state index in [9.17, 15) is 25.2 Å². The molecule has 6 nitrogen and oxygen atoms in total. The highest BCUT2D eigenvalue weighted by Crippen LogP contribution is 2.33. The van der Waals surface area contributed by atoms with Crippen molar-refractivity contribution >= 4 is 17.6 Å². The summed E-state index contributed by atoms with van der Waals surface area (Å²) in [7, 11) is 0. The number of carboxylic acids is 1. The predicted octanol–water partition coefficient (Wildman–Crippen LogP) is 5.29. The van der Waals surface area contributed by atoms with Gasteiger partial charge in [-0.3, -0.25) is 0 Å². The van der Waals surface area contributed by atoms with Gasteiger partial charge in [-0.2, -0.15) is 0 Å². The number of unbranched alkanes of at least 4 members (excludes halogenated alkanes) is 3. The maximum absolute atomic E-state index is 11.5. The van der Waals surface area contributed by atoms with Crippen molar-refractivity contribution in [2.75, 3.05) is 6.61 Å². The minimum atomic E-state index is -1.20. The van der Waals surface area contributed by atoms with Crippen LogP contribution in [0.3, 0.4) is 0 Å². The van der Waals surface area contributed by atoms with Gasteiger partial charge in [0.2, 0.25) is 0 Å². The number of rotatable bonds is 11. The highest BCUT2D eigenvalue weighted by Gasteiger charge is 2.19. The Kier molecular flexibility index (Phi) is 8.46. The number of ether oxygens (including phenoxy) is 1. The number of phenolic OH excluding ortho intramolecular Hbond substituents is 2. The van der Waals surface area contributed by atoms with E-state index in [2.05, 4.69) is 0 Å². The van der Waals surface area contributed by atoms with Crippen LogP contribution in [0.1, 0.15) is 60.5 Å². The summed E-state index contributed by atoms with van der Waals surface area (Å²) in [4.78, 5) is 11.5. The van der Waals surface area contributed by atoms with Crippen molar-refractivity contribution in [1.29, 1.82) is 0 Å². The third-order valence-electron chi connectivity index (χ3n) is 4.70. The van der Waals surface area contributed by atoms with Gasteiger partial charge in [-0.25, -0.2) is 4.79 Å². The van der Waals surface area contributed by atoms with Crippen LogP contribution in [0.4, 0.5) is 0 Å². The zero-order valence-electron chi connectivity index (χ0n) is 16.4. The molecule has 0 aromatic heterocycles. The number of aromatic hydroxyl groups is 3. The zero-order valence-corrected chi connectivity index (χ0v) is 17.2. The van der Waals surface area contributed by atoms with Crippen LogP contribution in [0.25, 0.3) is 0 Å². The number of carbonyl (C=O) groups is 1. The third kappa shape index (κ3) is 6.19. The second kappa shape index (κ2) is 10.8. The molecule has 0 amide bonds. The molecule has 0 unspecified atom stereocenters. The lowest BCUT2D eigenvalue weighted by Gasteiger charge is -2.13. The monoisotopic (exact) mass is 422 g/mol. The van der Waals surface area contributed by atoms with Crippen LogP contribution >= 0.6 is 11.6 Å². The first-order chi connectivity index (χ1) is 13.8. The van der Waals surface area contributed by atoms with Crippen LogP contribution in [0.15, 0.2) is 24.3 Å². The molecular formula is C22H27ClO6. The largest absolute Gasteiger partial charge is 0.507 e. The summed E-state index contributed by atoms with van der Waals surface area (Å²) >= 11 is 6.06. The molecule has 0 aliphatic heterocycles. The van der Waals surface area contributed by atoms with Gasteiger partial charge >= 0.3 is 5.97 Å². The maximum atomic E-state index is 11.5. The fourth-order valence-corrected chi connectivity index (χ4v) is 3.41. The summed E-state index contributed by atoms with van der Waals surface area (Å²) in [5, 5.41) is 39.0. The van der Waals surface area contributed by atoms with Crippen molar-refractivity contribution in [3.05, 3.63) is 46.0 Å². The molecule has 0 saturated carbocycles. The molecule has 2 rings (SSSR count). The fourth-order valence-electron chi connectivity index (χ4n) is 3.15. The van der Waals surface area contributed by atoms with Gasteiger partial charge in [-0.05, 0) is 48.9 Å². The van der Waals surface area contributed by atoms with E-state index >= 15 is 0 Å². The molecule has 0 fully saturated rings. The first-order valence-electron chi connectivity index (χ1n) is 9.76. The summed E-state index contributed by atoms with van der Waals surface area (Å²) in [6.07, 6.45) is 5.49. The Morgan fingerprint density at radius 1 is 0.966 bits per heavy atom. The topological polar surface area (TPSA) is 107 Å². The lowest BCUT2D eigenvalue weighted by Crippen LogP contribution is -2.06. The van der Waals surface area contributed by atoms with Crippen molar-refractivity contribution in [1.82, 2.24) is 0 Å². The minimum absolute atomic E-state index is 0.180. The summed E-state index contributed by atoms with van der Waals surface area (Å²) < 4.78 is 5.60. The Hall–Kier alpha value is -2.60. The molecule has 2 aromatic carbocycles. The van der Waals surface area contributed by atoms with Gasteiger partial charge in [0.05, 0.1) is 6.61 Å². The average molecular weight is 423 g/mol. The van der Waals surface area contributed by atoms with E-state index in [0.717, 1.165) is 37.7 Å². The van der Waals surface area contributed by atoms with Gasteiger partial charge < -0.3 is 25.2 Å². The van der Waals surface area contributed by atoms with E-state index < -0.39 is 5.97 Å². The Morgan fingerprint density at radius 3 is 2.34 bits per heavy atom. The number of aryl methyl sites for hydroxylation is 2. The Bertz CT molecular complexity index is 850. The first kappa shape index (κ1) is 22.7. The van der Waals surface area contributed by atoms with Crippen LogP contribution in [0.5, 0.6) is 23.0 Å². The van der Waals surface area contributed by atoms with Crippen LogP contribution < -0.4 is 4.74 Å². The Labute approximate surface area is 175 Å². The standard InChI is InChI=1S/C22H27ClO6/c1-2-7-14-9-10-19(20(21(14)26)22(27)28)29-11-6-4-3-5-8-15-12-17(24)18(25)13-16(15)23/h9-10,12-13,24-26H,2-8,11H2,1H3,(H,27,28). The average Bonchev–Trinajstić information content (AvgIpc) is 2.66. The zero-order chi connectivity index (χ0) is 21.4. The second-order valence-electron chi connectivity index (χ2n) is 6.95. The molecule has 0 atom stereocenters. The number of phenols is 3. The second-order valence-corrected chi connectivity index (χ2v) is 7.35. The maximum Gasteiger partial charge on any atom is 0.343 e. The van der Waals surface area contributed by atoms with Crippen LogP contribution in [0, 0.1) is 0 Å². The molecule has 0 saturated heterocycles. The number of hydrogen-bond donors (Lipinski definition) is 4. The third-order valence-corrected chi connectivity index (χ3v) is 5.05.